The second kappa shape index (κ2) is 11.9. The van der Waals surface area contributed by atoms with Crippen molar-refractivity contribution in [3.63, 3.8) is 0 Å². The van der Waals surface area contributed by atoms with Gasteiger partial charge in [-0.05, 0) is 43.4 Å². The molecule has 7 heteroatoms. The second-order valence-corrected chi connectivity index (χ2v) is 6.60. The number of halogens is 2. The molecule has 136 valence electrons. The number of piperidine rings is 1. The van der Waals surface area contributed by atoms with Gasteiger partial charge < -0.3 is 15.5 Å². The van der Waals surface area contributed by atoms with E-state index in [9.17, 15) is 0 Å². The molecule has 0 saturated carbocycles. The predicted molar refractivity (Wildman–Crippen MR) is 113 cm³/mol. The molecule has 1 aromatic rings. The molecule has 2 N–H and O–H groups in total. The average Bonchev–Trinajstić information content (AvgIpc) is 2.55. The number of nitrogens with zero attached hydrogens (tertiary/aromatic N) is 3. The second-order valence-electron chi connectivity index (χ2n) is 6.21. The Kier molecular flexibility index (Phi) is 10.6. The SMILES string of the molecule is CN=C(NCCc1ccc(Cl)nc1)NCCN1CCCC(C)C1.I. The van der Waals surface area contributed by atoms with Gasteiger partial charge in [0.25, 0.3) is 0 Å². The average molecular weight is 466 g/mol. The summed E-state index contributed by atoms with van der Waals surface area (Å²) in [5, 5.41) is 7.26. The number of hydrogen-bond acceptors (Lipinski definition) is 3. The van der Waals surface area contributed by atoms with Crippen LogP contribution in [-0.4, -0.2) is 55.6 Å². The van der Waals surface area contributed by atoms with Gasteiger partial charge in [0.15, 0.2) is 5.96 Å². The zero-order valence-electron chi connectivity index (χ0n) is 14.6. The summed E-state index contributed by atoms with van der Waals surface area (Å²) in [6.07, 6.45) is 5.40. The maximum atomic E-state index is 5.79. The van der Waals surface area contributed by atoms with E-state index in [1.807, 2.05) is 25.4 Å². The van der Waals surface area contributed by atoms with Gasteiger partial charge in [0, 0.05) is 39.4 Å². The largest absolute Gasteiger partial charge is 0.356 e. The fraction of sp³-hybridized carbons (Fsp3) is 0.647. The highest BCUT2D eigenvalue weighted by atomic mass is 127. The zero-order chi connectivity index (χ0) is 16.5. The lowest BCUT2D eigenvalue weighted by Gasteiger charge is -2.30. The van der Waals surface area contributed by atoms with Gasteiger partial charge in [-0.2, -0.15) is 0 Å². The van der Waals surface area contributed by atoms with Gasteiger partial charge in [0.1, 0.15) is 5.15 Å². The van der Waals surface area contributed by atoms with Crippen LogP contribution in [0.1, 0.15) is 25.3 Å². The number of likely N-dealkylation sites (tertiary alicyclic amines) is 1. The van der Waals surface area contributed by atoms with Crippen LogP contribution in [-0.2, 0) is 6.42 Å². The number of aromatic nitrogens is 1. The number of pyridine rings is 1. The molecule has 1 aromatic heterocycles. The van der Waals surface area contributed by atoms with E-state index in [0.29, 0.717) is 5.15 Å². The predicted octanol–water partition coefficient (Wildman–Crippen LogP) is 2.79. The van der Waals surface area contributed by atoms with Crippen LogP contribution >= 0.6 is 35.6 Å². The molecule has 1 aliphatic rings. The molecule has 5 nitrogen and oxygen atoms in total. The maximum absolute atomic E-state index is 5.79. The highest BCUT2D eigenvalue weighted by Gasteiger charge is 2.15. The minimum absolute atomic E-state index is 0. The standard InChI is InChI=1S/C17H28ClN5.HI/c1-14-4-3-10-23(13-14)11-9-21-17(19-2)20-8-7-15-5-6-16(18)22-12-15;/h5-6,12,14H,3-4,7-11,13H2,1-2H3,(H2,19,20,21);1H. The van der Waals surface area contributed by atoms with Crippen molar-refractivity contribution in [1.29, 1.82) is 0 Å². The summed E-state index contributed by atoms with van der Waals surface area (Å²) in [5.41, 5.74) is 1.17. The molecule has 0 bridgehead atoms. The van der Waals surface area contributed by atoms with E-state index in [0.717, 1.165) is 37.9 Å². The fourth-order valence-electron chi connectivity index (χ4n) is 2.92. The van der Waals surface area contributed by atoms with Crippen molar-refractivity contribution in [3.8, 4) is 0 Å². The molecule has 0 aromatic carbocycles. The molecule has 1 atom stereocenters. The van der Waals surface area contributed by atoms with Gasteiger partial charge in [-0.3, -0.25) is 4.99 Å². The van der Waals surface area contributed by atoms with Gasteiger partial charge in [0.05, 0.1) is 0 Å². The number of aliphatic imine (C=N–C) groups is 1. The Morgan fingerprint density at radius 1 is 1.38 bits per heavy atom. The first kappa shape index (κ1) is 21.4. The van der Waals surface area contributed by atoms with E-state index in [-0.39, 0.29) is 24.0 Å². The molecule has 0 aliphatic carbocycles. The molecule has 1 fully saturated rings. The number of guanidine groups is 1. The lowest BCUT2D eigenvalue weighted by Crippen LogP contribution is -2.44. The van der Waals surface area contributed by atoms with Crippen LogP contribution in [0.5, 0.6) is 0 Å². The minimum atomic E-state index is 0. The molecule has 2 rings (SSSR count). The zero-order valence-corrected chi connectivity index (χ0v) is 17.7. The number of rotatable bonds is 6. The molecule has 0 spiro atoms. The van der Waals surface area contributed by atoms with Gasteiger partial charge in [-0.1, -0.05) is 24.6 Å². The van der Waals surface area contributed by atoms with Crippen molar-refractivity contribution >= 4 is 41.5 Å². The smallest absolute Gasteiger partial charge is 0.191 e. The quantitative estimate of drug-likeness (QED) is 0.294. The van der Waals surface area contributed by atoms with E-state index in [4.69, 9.17) is 11.6 Å². The van der Waals surface area contributed by atoms with Crippen molar-refractivity contribution in [2.75, 3.05) is 39.8 Å². The lowest BCUT2D eigenvalue weighted by molar-refractivity contribution is 0.187. The third kappa shape index (κ3) is 7.98. The molecular weight excluding hydrogens is 437 g/mol. The van der Waals surface area contributed by atoms with Gasteiger partial charge >= 0.3 is 0 Å². The van der Waals surface area contributed by atoms with E-state index >= 15 is 0 Å². The Bertz CT molecular complexity index is 494. The van der Waals surface area contributed by atoms with Crippen LogP contribution in [0.4, 0.5) is 0 Å². The monoisotopic (exact) mass is 465 g/mol. The van der Waals surface area contributed by atoms with E-state index in [1.165, 1.54) is 31.5 Å². The molecule has 0 amide bonds. The summed E-state index contributed by atoms with van der Waals surface area (Å²) in [7, 11) is 1.81. The first-order valence-corrected chi connectivity index (χ1v) is 8.82. The number of hydrogen-bond donors (Lipinski definition) is 2. The van der Waals surface area contributed by atoms with Crippen LogP contribution in [0.25, 0.3) is 0 Å². The van der Waals surface area contributed by atoms with Gasteiger partial charge in [-0.15, -0.1) is 24.0 Å². The van der Waals surface area contributed by atoms with Crippen molar-refractivity contribution in [2.45, 2.75) is 26.2 Å². The Hall–Kier alpha value is -0.600. The van der Waals surface area contributed by atoms with Crippen molar-refractivity contribution in [1.82, 2.24) is 20.5 Å². The summed E-state index contributed by atoms with van der Waals surface area (Å²) >= 11 is 5.79. The van der Waals surface area contributed by atoms with Crippen LogP contribution in [0, 0.1) is 5.92 Å². The van der Waals surface area contributed by atoms with Crippen LogP contribution < -0.4 is 10.6 Å². The molecule has 1 aliphatic heterocycles. The minimum Gasteiger partial charge on any atom is -0.356 e. The Balaban J connectivity index is 0.00000288. The van der Waals surface area contributed by atoms with Crippen molar-refractivity contribution in [2.24, 2.45) is 10.9 Å². The highest BCUT2D eigenvalue weighted by Crippen LogP contribution is 2.14. The van der Waals surface area contributed by atoms with E-state index < -0.39 is 0 Å². The molecule has 1 saturated heterocycles. The van der Waals surface area contributed by atoms with Gasteiger partial charge in [0.2, 0.25) is 0 Å². The van der Waals surface area contributed by atoms with E-state index in [1.54, 1.807) is 0 Å². The Labute approximate surface area is 167 Å². The van der Waals surface area contributed by atoms with Crippen LogP contribution in [0.2, 0.25) is 5.15 Å². The summed E-state index contributed by atoms with van der Waals surface area (Å²) in [6, 6.07) is 3.83. The van der Waals surface area contributed by atoms with Crippen molar-refractivity contribution in [3.05, 3.63) is 29.0 Å². The first-order chi connectivity index (χ1) is 11.2. The highest BCUT2D eigenvalue weighted by molar-refractivity contribution is 14.0. The molecule has 24 heavy (non-hydrogen) atoms. The number of nitrogens with one attached hydrogen (secondary N) is 2. The third-order valence-corrected chi connectivity index (χ3v) is 4.40. The summed E-state index contributed by atoms with van der Waals surface area (Å²) in [5.74, 6) is 1.69. The first-order valence-electron chi connectivity index (χ1n) is 8.44. The molecular formula is C17H29ClIN5. The van der Waals surface area contributed by atoms with Gasteiger partial charge in [-0.25, -0.2) is 4.98 Å². The molecule has 1 unspecified atom stereocenters. The topological polar surface area (TPSA) is 52.6 Å². The normalized spacial score (nSPS) is 18.8. The fourth-order valence-corrected chi connectivity index (χ4v) is 3.03. The van der Waals surface area contributed by atoms with Crippen LogP contribution in [0.3, 0.4) is 0 Å². The van der Waals surface area contributed by atoms with E-state index in [2.05, 4.69) is 32.4 Å². The molecule has 0 radical (unpaired) electrons. The Morgan fingerprint density at radius 3 is 2.83 bits per heavy atom. The summed E-state index contributed by atoms with van der Waals surface area (Å²) < 4.78 is 0. The molecule has 2 heterocycles. The summed E-state index contributed by atoms with van der Waals surface area (Å²) in [4.78, 5) is 10.9. The Morgan fingerprint density at radius 2 is 2.17 bits per heavy atom. The van der Waals surface area contributed by atoms with Crippen LogP contribution in [0.15, 0.2) is 23.3 Å². The van der Waals surface area contributed by atoms with Crippen molar-refractivity contribution < 1.29 is 0 Å². The third-order valence-electron chi connectivity index (χ3n) is 4.18. The summed E-state index contributed by atoms with van der Waals surface area (Å²) in [6.45, 7) is 7.61. The maximum Gasteiger partial charge on any atom is 0.191 e. The lowest BCUT2D eigenvalue weighted by atomic mass is 10.0.